The summed E-state index contributed by atoms with van der Waals surface area (Å²) in [4.78, 5) is 38.5. The van der Waals surface area contributed by atoms with E-state index >= 15 is 0 Å². The van der Waals surface area contributed by atoms with Crippen LogP contribution in [-0.4, -0.2) is 29.5 Å². The largest absolute Gasteiger partial charge is 0.456 e. The second kappa shape index (κ2) is 7.29. The Bertz CT molecular complexity index is 1050. The summed E-state index contributed by atoms with van der Waals surface area (Å²) < 4.78 is 44.1. The third kappa shape index (κ3) is 3.40. The van der Waals surface area contributed by atoms with E-state index < -0.39 is 41.5 Å². The Kier molecular flexibility index (Phi) is 4.76. The normalized spacial score (nSPS) is 20.6. The van der Waals surface area contributed by atoms with E-state index in [4.69, 9.17) is 4.74 Å². The van der Waals surface area contributed by atoms with Gasteiger partial charge in [0.15, 0.2) is 5.71 Å². The average Bonchev–Trinajstić information content (AvgIpc) is 3.27. The zero-order valence-electron chi connectivity index (χ0n) is 15.2. The molecule has 10 heteroatoms. The summed E-state index contributed by atoms with van der Waals surface area (Å²) in [5, 5.41) is 3.76. The summed E-state index contributed by atoms with van der Waals surface area (Å²) in [7, 11) is 0. The van der Waals surface area contributed by atoms with E-state index in [9.17, 15) is 27.6 Å². The highest BCUT2D eigenvalue weighted by Crippen LogP contribution is 2.35. The van der Waals surface area contributed by atoms with Gasteiger partial charge in [0.2, 0.25) is 5.91 Å². The van der Waals surface area contributed by atoms with Crippen LogP contribution in [0.25, 0.3) is 0 Å². The van der Waals surface area contributed by atoms with Crippen molar-refractivity contribution >= 4 is 29.2 Å². The molecule has 0 radical (unpaired) electrons. The smallest absolute Gasteiger partial charge is 0.416 e. The summed E-state index contributed by atoms with van der Waals surface area (Å²) >= 11 is 0. The Morgan fingerprint density at radius 2 is 1.80 bits per heavy atom. The zero-order chi connectivity index (χ0) is 21.5. The molecule has 2 aliphatic rings. The Hall–Kier alpha value is -3.69. The van der Waals surface area contributed by atoms with Crippen LogP contribution in [0.2, 0.25) is 0 Å². The maximum atomic E-state index is 13.0. The van der Waals surface area contributed by atoms with Crippen molar-refractivity contribution in [1.82, 2.24) is 5.43 Å². The summed E-state index contributed by atoms with van der Waals surface area (Å²) in [6.07, 6.45) is -4.64. The first-order valence-corrected chi connectivity index (χ1v) is 8.86. The molecule has 2 amide bonds. The number of amides is 2. The fourth-order valence-corrected chi connectivity index (χ4v) is 3.33. The van der Waals surface area contributed by atoms with E-state index in [1.807, 2.05) is 0 Å². The third-order valence-electron chi connectivity index (χ3n) is 4.78. The molecule has 2 aromatic rings. The van der Waals surface area contributed by atoms with Crippen LogP contribution in [-0.2, 0) is 31.9 Å². The number of ether oxygens (including phenoxy) is 1. The zero-order valence-corrected chi connectivity index (χ0v) is 15.2. The van der Waals surface area contributed by atoms with Gasteiger partial charge in [-0.1, -0.05) is 36.4 Å². The molecule has 0 bridgehead atoms. The van der Waals surface area contributed by atoms with Crippen LogP contribution in [0.5, 0.6) is 0 Å². The monoisotopic (exact) mass is 417 g/mol. The number of imide groups is 1. The second-order valence-corrected chi connectivity index (χ2v) is 6.70. The van der Waals surface area contributed by atoms with Crippen molar-refractivity contribution < 1.29 is 32.3 Å². The Balaban J connectivity index is 1.54. The summed E-state index contributed by atoms with van der Waals surface area (Å²) in [5.74, 6) is -3.79. The van der Waals surface area contributed by atoms with Crippen molar-refractivity contribution in [2.75, 3.05) is 4.90 Å². The maximum absolute atomic E-state index is 13.0. The molecule has 0 spiro atoms. The Morgan fingerprint density at radius 3 is 2.50 bits per heavy atom. The van der Waals surface area contributed by atoms with Gasteiger partial charge in [-0.15, -0.1) is 0 Å². The van der Waals surface area contributed by atoms with Gasteiger partial charge in [0.1, 0.15) is 18.6 Å². The molecule has 0 saturated carbocycles. The molecular formula is C20H14F3N3O4. The highest BCUT2D eigenvalue weighted by Gasteiger charge is 2.56. The first-order chi connectivity index (χ1) is 14.3. The molecule has 0 unspecified atom stereocenters. The molecule has 4 rings (SSSR count). The van der Waals surface area contributed by atoms with Crippen LogP contribution in [0.1, 0.15) is 11.1 Å². The predicted molar refractivity (Wildman–Crippen MR) is 98.0 cm³/mol. The van der Waals surface area contributed by atoms with Crippen molar-refractivity contribution in [2.24, 2.45) is 11.0 Å². The molecule has 2 aromatic carbocycles. The molecule has 2 atom stereocenters. The number of hydrogen-bond donors (Lipinski definition) is 1. The first kappa shape index (κ1) is 19.6. The van der Waals surface area contributed by atoms with E-state index in [0.717, 1.165) is 12.1 Å². The van der Waals surface area contributed by atoms with E-state index in [1.54, 1.807) is 30.3 Å². The molecule has 2 aliphatic heterocycles. The molecule has 1 fully saturated rings. The Labute approximate surface area is 168 Å². The van der Waals surface area contributed by atoms with Crippen molar-refractivity contribution in [2.45, 2.75) is 18.8 Å². The van der Waals surface area contributed by atoms with Crippen LogP contribution in [0, 0.1) is 5.92 Å². The number of carbonyl (C=O) groups is 3. The average molecular weight is 417 g/mol. The number of hydrazone groups is 1. The molecule has 1 N–H and O–H groups in total. The van der Waals surface area contributed by atoms with Crippen LogP contribution in [0.4, 0.5) is 18.9 Å². The van der Waals surface area contributed by atoms with Gasteiger partial charge >= 0.3 is 12.1 Å². The van der Waals surface area contributed by atoms with Crippen molar-refractivity contribution in [3.63, 3.8) is 0 Å². The molecule has 1 saturated heterocycles. The molecule has 0 aromatic heterocycles. The fraction of sp³-hybridized carbons (Fsp3) is 0.200. The van der Waals surface area contributed by atoms with Crippen LogP contribution in [0.15, 0.2) is 59.7 Å². The van der Waals surface area contributed by atoms with Gasteiger partial charge < -0.3 is 4.74 Å². The van der Waals surface area contributed by atoms with E-state index in [2.05, 4.69) is 10.5 Å². The van der Waals surface area contributed by atoms with Crippen LogP contribution in [0.3, 0.4) is 0 Å². The minimum atomic E-state index is -4.64. The standard InChI is InChI=1S/C20H14F3N3O4/c21-20(22,23)12-7-4-8-13(9-12)26-17(27)14-15(18(26)28)24-25-16(14)19(29)30-10-11-5-2-1-3-6-11/h1-9,14-15,24H,10H2/t14-,15-/m1/s1. The fourth-order valence-electron chi connectivity index (χ4n) is 3.33. The number of nitrogens with one attached hydrogen (secondary N) is 1. The van der Waals surface area contributed by atoms with Crippen molar-refractivity contribution in [3.8, 4) is 0 Å². The van der Waals surface area contributed by atoms with Gasteiger partial charge in [0.25, 0.3) is 5.91 Å². The lowest BCUT2D eigenvalue weighted by molar-refractivity contribution is -0.138. The third-order valence-corrected chi connectivity index (χ3v) is 4.78. The first-order valence-electron chi connectivity index (χ1n) is 8.86. The number of halogens is 3. The van der Waals surface area contributed by atoms with Gasteiger partial charge in [0.05, 0.1) is 11.3 Å². The van der Waals surface area contributed by atoms with Crippen LogP contribution >= 0.6 is 0 Å². The number of alkyl halides is 3. The topological polar surface area (TPSA) is 88.1 Å². The molecule has 7 nitrogen and oxygen atoms in total. The van der Waals surface area contributed by atoms with Gasteiger partial charge in [0, 0.05) is 0 Å². The minimum absolute atomic E-state index is 0.0600. The van der Waals surface area contributed by atoms with Gasteiger partial charge in [-0.25, -0.2) is 9.69 Å². The van der Waals surface area contributed by atoms with Gasteiger partial charge in [-0.05, 0) is 23.8 Å². The van der Waals surface area contributed by atoms with Crippen molar-refractivity contribution in [3.05, 3.63) is 65.7 Å². The summed E-state index contributed by atoms with van der Waals surface area (Å²) in [6, 6.07) is 11.5. The number of anilines is 1. The summed E-state index contributed by atoms with van der Waals surface area (Å²) in [5.41, 5.74) is 1.63. The predicted octanol–water partition coefficient (Wildman–Crippen LogP) is 2.27. The molecule has 154 valence electrons. The lowest BCUT2D eigenvalue weighted by Crippen LogP contribution is -2.36. The summed E-state index contributed by atoms with van der Waals surface area (Å²) in [6.45, 7) is -0.0600. The quantitative estimate of drug-likeness (QED) is 0.609. The number of esters is 1. The Morgan fingerprint density at radius 1 is 1.07 bits per heavy atom. The second-order valence-electron chi connectivity index (χ2n) is 6.70. The van der Waals surface area contributed by atoms with E-state index in [1.165, 1.54) is 6.07 Å². The maximum Gasteiger partial charge on any atom is 0.416 e. The SMILES string of the molecule is O=C(OCc1ccccc1)C1=NN[C@H]2C(=O)N(c3cccc(C(F)(F)F)c3)C(=O)[C@@H]12. The minimum Gasteiger partial charge on any atom is -0.456 e. The molecule has 2 heterocycles. The lowest BCUT2D eigenvalue weighted by atomic mass is 9.99. The van der Waals surface area contributed by atoms with E-state index in [-0.39, 0.29) is 18.0 Å². The number of rotatable bonds is 4. The number of nitrogens with zero attached hydrogens (tertiary/aromatic N) is 2. The van der Waals surface area contributed by atoms with Crippen molar-refractivity contribution in [1.29, 1.82) is 0 Å². The lowest BCUT2D eigenvalue weighted by Gasteiger charge is -2.17. The van der Waals surface area contributed by atoms with Crippen LogP contribution < -0.4 is 10.3 Å². The number of fused-ring (bicyclic) bond motifs is 1. The molecular weight excluding hydrogens is 403 g/mol. The molecule has 30 heavy (non-hydrogen) atoms. The number of benzene rings is 2. The van der Waals surface area contributed by atoms with Gasteiger partial charge in [-0.3, -0.25) is 15.0 Å². The van der Waals surface area contributed by atoms with Gasteiger partial charge in [-0.2, -0.15) is 18.3 Å². The number of hydrogen-bond acceptors (Lipinski definition) is 6. The molecule has 0 aliphatic carbocycles. The highest BCUT2D eigenvalue weighted by atomic mass is 19.4. The number of carbonyl (C=O) groups excluding carboxylic acids is 3. The highest BCUT2D eigenvalue weighted by molar-refractivity contribution is 6.46. The van der Waals surface area contributed by atoms with E-state index in [0.29, 0.717) is 16.5 Å².